The molecule has 1 aromatic rings. The van der Waals surface area contributed by atoms with Crippen molar-refractivity contribution in [3.8, 4) is 5.75 Å². The molecule has 0 unspecified atom stereocenters. The number of nitrogens with one attached hydrogen (secondary N) is 1. The minimum absolute atomic E-state index is 0.571. The van der Waals surface area contributed by atoms with E-state index in [2.05, 4.69) is 34.5 Å². The molecule has 76 valence electrons. The van der Waals surface area contributed by atoms with Crippen LogP contribution in [0.3, 0.4) is 0 Å². The molecular weight excluding hydrogens is 289 g/mol. The van der Waals surface area contributed by atoms with E-state index in [1.54, 1.807) is 0 Å². The Morgan fingerprint density at radius 1 is 1.43 bits per heavy atom. The van der Waals surface area contributed by atoms with Crippen LogP contribution in [0.2, 0.25) is 0 Å². The lowest BCUT2D eigenvalue weighted by Gasteiger charge is -2.07. The van der Waals surface area contributed by atoms with Crippen molar-refractivity contribution >= 4 is 22.6 Å². The molecule has 0 radical (unpaired) electrons. The van der Waals surface area contributed by atoms with E-state index >= 15 is 0 Å². The van der Waals surface area contributed by atoms with Crippen LogP contribution >= 0.6 is 22.6 Å². The first-order valence-electron chi connectivity index (χ1n) is 4.42. The summed E-state index contributed by atoms with van der Waals surface area (Å²) < 4.78 is 6.74. The second-order valence-corrected chi connectivity index (χ2v) is 4.27. The van der Waals surface area contributed by atoms with Crippen LogP contribution in [0, 0.1) is 3.57 Å². The van der Waals surface area contributed by atoms with Gasteiger partial charge in [0.2, 0.25) is 0 Å². The summed E-state index contributed by atoms with van der Waals surface area (Å²) >= 11 is 2.27. The van der Waals surface area contributed by atoms with Crippen LogP contribution in [-0.4, -0.2) is 20.2 Å². The number of hydrogen-bond donors (Lipinski definition) is 1. The highest BCUT2D eigenvalue weighted by Crippen LogP contribution is 2.13. The molecule has 0 saturated heterocycles. The van der Waals surface area contributed by atoms with Crippen LogP contribution in [0.25, 0.3) is 0 Å². The highest BCUT2D eigenvalue weighted by atomic mass is 127. The van der Waals surface area contributed by atoms with E-state index in [9.17, 15) is 0 Å². The number of ether oxygens (including phenoxy) is 1. The third-order valence-corrected chi connectivity index (χ3v) is 2.40. The summed E-state index contributed by atoms with van der Waals surface area (Å²) in [5.74, 6) is 0.891. The molecule has 0 fully saturated rings. The zero-order valence-corrected chi connectivity index (χ0v) is 10.4. The predicted molar refractivity (Wildman–Crippen MR) is 67.7 cm³/mol. The van der Waals surface area contributed by atoms with Gasteiger partial charge < -0.3 is 10.1 Å². The molecular formula is C11H14INO. The van der Waals surface area contributed by atoms with Crippen LogP contribution in [0.4, 0.5) is 0 Å². The fraction of sp³-hybridized carbons (Fsp3) is 0.273. The van der Waals surface area contributed by atoms with E-state index in [0.717, 1.165) is 17.9 Å². The minimum atomic E-state index is 0.571. The normalized spacial score (nSPS) is 9.86. The summed E-state index contributed by atoms with van der Waals surface area (Å²) in [4.78, 5) is 0. The monoisotopic (exact) mass is 303 g/mol. The van der Waals surface area contributed by atoms with Crippen LogP contribution in [0.1, 0.15) is 0 Å². The van der Waals surface area contributed by atoms with Crippen molar-refractivity contribution < 1.29 is 4.74 Å². The van der Waals surface area contributed by atoms with Crippen molar-refractivity contribution in [1.82, 2.24) is 5.32 Å². The highest BCUT2D eigenvalue weighted by Gasteiger charge is 1.95. The molecule has 1 rings (SSSR count). The zero-order valence-electron chi connectivity index (χ0n) is 8.22. The fourth-order valence-corrected chi connectivity index (χ4v) is 1.38. The predicted octanol–water partition coefficient (Wildman–Crippen LogP) is 2.45. The Morgan fingerprint density at radius 2 is 2.07 bits per heavy atom. The van der Waals surface area contributed by atoms with Gasteiger partial charge in [0.15, 0.2) is 0 Å². The lowest BCUT2D eigenvalue weighted by atomic mass is 10.3. The molecule has 0 aliphatic heterocycles. The third kappa shape index (κ3) is 4.11. The maximum atomic E-state index is 5.53. The van der Waals surface area contributed by atoms with Gasteiger partial charge in [-0.05, 0) is 59.5 Å². The van der Waals surface area contributed by atoms with E-state index in [-0.39, 0.29) is 0 Å². The number of hydrogen-bond acceptors (Lipinski definition) is 2. The molecule has 0 saturated carbocycles. The smallest absolute Gasteiger partial charge is 0.119 e. The van der Waals surface area contributed by atoms with Gasteiger partial charge in [-0.3, -0.25) is 0 Å². The molecule has 0 aliphatic rings. The molecule has 0 aromatic heterocycles. The summed E-state index contributed by atoms with van der Waals surface area (Å²) in [6.07, 6.45) is 0. The van der Waals surface area contributed by atoms with Gasteiger partial charge in [-0.1, -0.05) is 6.58 Å². The fourth-order valence-electron chi connectivity index (χ4n) is 1.02. The van der Waals surface area contributed by atoms with Gasteiger partial charge in [-0.25, -0.2) is 0 Å². The first kappa shape index (κ1) is 11.5. The van der Waals surface area contributed by atoms with Crippen molar-refractivity contribution in [2.24, 2.45) is 0 Å². The van der Waals surface area contributed by atoms with Crippen LogP contribution in [0.5, 0.6) is 5.75 Å². The zero-order chi connectivity index (χ0) is 10.4. The van der Waals surface area contributed by atoms with Gasteiger partial charge >= 0.3 is 0 Å². The topological polar surface area (TPSA) is 21.3 Å². The summed E-state index contributed by atoms with van der Waals surface area (Å²) in [6.45, 7) is 5.25. The molecule has 14 heavy (non-hydrogen) atoms. The highest BCUT2D eigenvalue weighted by molar-refractivity contribution is 14.1. The van der Waals surface area contributed by atoms with Crippen molar-refractivity contribution in [2.45, 2.75) is 0 Å². The lowest BCUT2D eigenvalue weighted by Crippen LogP contribution is -2.14. The molecule has 2 nitrogen and oxygen atoms in total. The van der Waals surface area contributed by atoms with Gasteiger partial charge in [0.25, 0.3) is 0 Å². The second-order valence-electron chi connectivity index (χ2n) is 3.02. The Balaban J connectivity index is 2.38. The maximum Gasteiger partial charge on any atom is 0.119 e. The maximum absolute atomic E-state index is 5.53. The average Bonchev–Trinajstić information content (AvgIpc) is 2.17. The molecule has 0 amide bonds. The quantitative estimate of drug-likeness (QED) is 0.666. The molecule has 0 aliphatic carbocycles. The SMILES string of the molecule is C=C(CNC)COc1ccc(I)cc1. The first-order valence-corrected chi connectivity index (χ1v) is 5.50. The lowest BCUT2D eigenvalue weighted by molar-refractivity contribution is 0.349. The molecule has 1 aromatic carbocycles. The number of rotatable bonds is 5. The molecule has 0 spiro atoms. The number of halogens is 1. The Morgan fingerprint density at radius 3 is 2.64 bits per heavy atom. The standard InChI is InChI=1S/C11H14INO/c1-9(7-13-2)8-14-11-5-3-10(12)4-6-11/h3-6,13H,1,7-8H2,2H3. The van der Waals surface area contributed by atoms with Crippen LogP contribution < -0.4 is 10.1 Å². The van der Waals surface area contributed by atoms with E-state index < -0.39 is 0 Å². The Kier molecular flexibility index (Phi) is 4.97. The number of benzene rings is 1. The first-order chi connectivity index (χ1) is 6.72. The van der Waals surface area contributed by atoms with Crippen molar-refractivity contribution in [1.29, 1.82) is 0 Å². The van der Waals surface area contributed by atoms with Gasteiger partial charge in [-0.15, -0.1) is 0 Å². The van der Waals surface area contributed by atoms with E-state index in [1.807, 2.05) is 31.3 Å². The molecule has 0 heterocycles. The van der Waals surface area contributed by atoms with Gasteiger partial charge in [0, 0.05) is 10.1 Å². The number of likely N-dealkylation sites (N-methyl/N-ethyl adjacent to an activating group) is 1. The minimum Gasteiger partial charge on any atom is -0.489 e. The van der Waals surface area contributed by atoms with Gasteiger partial charge in [0.05, 0.1) is 0 Å². The molecule has 1 N–H and O–H groups in total. The molecule has 0 atom stereocenters. The van der Waals surface area contributed by atoms with E-state index in [1.165, 1.54) is 3.57 Å². The Hall–Kier alpha value is -0.550. The summed E-state index contributed by atoms with van der Waals surface area (Å²) in [7, 11) is 1.90. The van der Waals surface area contributed by atoms with E-state index in [0.29, 0.717) is 6.61 Å². The van der Waals surface area contributed by atoms with Crippen molar-refractivity contribution in [2.75, 3.05) is 20.2 Å². The molecule has 0 bridgehead atoms. The summed E-state index contributed by atoms with van der Waals surface area (Å²) in [6, 6.07) is 7.98. The van der Waals surface area contributed by atoms with Crippen LogP contribution in [0.15, 0.2) is 36.4 Å². The Bertz CT molecular complexity index is 295. The largest absolute Gasteiger partial charge is 0.489 e. The molecule has 3 heteroatoms. The average molecular weight is 303 g/mol. The summed E-state index contributed by atoms with van der Waals surface area (Å²) in [5.41, 5.74) is 1.05. The van der Waals surface area contributed by atoms with Crippen LogP contribution in [-0.2, 0) is 0 Å². The van der Waals surface area contributed by atoms with Gasteiger partial charge in [0.1, 0.15) is 12.4 Å². The van der Waals surface area contributed by atoms with E-state index in [4.69, 9.17) is 4.74 Å². The van der Waals surface area contributed by atoms with Gasteiger partial charge in [-0.2, -0.15) is 0 Å². The summed E-state index contributed by atoms with van der Waals surface area (Å²) in [5, 5.41) is 3.03. The second kappa shape index (κ2) is 6.03. The third-order valence-electron chi connectivity index (χ3n) is 1.68. The van der Waals surface area contributed by atoms with Crippen molar-refractivity contribution in [3.05, 3.63) is 40.0 Å². The Labute approximate surface area is 98.5 Å². The van der Waals surface area contributed by atoms with Crippen molar-refractivity contribution in [3.63, 3.8) is 0 Å².